The molecule has 2 amide bonds. The Balaban J connectivity index is 1.85. The third kappa shape index (κ3) is 3.26. The van der Waals surface area contributed by atoms with Gasteiger partial charge in [-0.3, -0.25) is 0 Å². The Labute approximate surface area is 133 Å². The number of nitrogens with zero attached hydrogens (tertiary/aromatic N) is 1. The number of hydrogen-bond acceptors (Lipinski definition) is 3. The number of benzene rings is 2. The summed E-state index contributed by atoms with van der Waals surface area (Å²) in [6, 6.07) is 15.7. The number of hydrogen-bond donors (Lipinski definition) is 2. The van der Waals surface area contributed by atoms with Gasteiger partial charge in [-0.15, -0.1) is 11.3 Å². The molecule has 0 aliphatic carbocycles. The third-order valence-corrected chi connectivity index (χ3v) is 4.17. The van der Waals surface area contributed by atoms with Gasteiger partial charge >= 0.3 is 6.03 Å². The summed E-state index contributed by atoms with van der Waals surface area (Å²) in [4.78, 5) is 16.4. The average molecular weight is 311 g/mol. The van der Waals surface area contributed by atoms with E-state index in [0.29, 0.717) is 0 Å². The van der Waals surface area contributed by atoms with Gasteiger partial charge in [-0.25, -0.2) is 9.78 Å². The van der Waals surface area contributed by atoms with E-state index in [-0.39, 0.29) is 12.1 Å². The Morgan fingerprint density at radius 1 is 1.14 bits per heavy atom. The van der Waals surface area contributed by atoms with Crippen LogP contribution in [0.1, 0.15) is 13.8 Å². The van der Waals surface area contributed by atoms with Crippen molar-refractivity contribution in [2.24, 2.45) is 0 Å². The summed E-state index contributed by atoms with van der Waals surface area (Å²) in [7, 11) is 0. The highest BCUT2D eigenvalue weighted by atomic mass is 32.1. The molecule has 0 atom stereocenters. The van der Waals surface area contributed by atoms with Gasteiger partial charge in [0.2, 0.25) is 0 Å². The fourth-order valence-electron chi connectivity index (χ4n) is 2.16. The van der Waals surface area contributed by atoms with Gasteiger partial charge in [-0.05, 0) is 38.1 Å². The van der Waals surface area contributed by atoms with Crippen molar-refractivity contribution in [3.05, 3.63) is 48.5 Å². The first-order valence-electron chi connectivity index (χ1n) is 7.15. The van der Waals surface area contributed by atoms with Crippen molar-refractivity contribution < 1.29 is 4.79 Å². The van der Waals surface area contributed by atoms with Crippen LogP contribution in [-0.2, 0) is 0 Å². The standard InChI is InChI=1S/C17H17N3OS/c1-11(2)18-17(21)19-13-7-5-6-12(10-13)16-20-14-8-3-4-9-15(14)22-16/h3-11H,1-2H3,(H2,18,19,21). The van der Waals surface area contributed by atoms with Crippen molar-refractivity contribution in [3.63, 3.8) is 0 Å². The van der Waals surface area contributed by atoms with Crippen LogP contribution in [-0.4, -0.2) is 17.1 Å². The van der Waals surface area contributed by atoms with E-state index in [9.17, 15) is 4.79 Å². The summed E-state index contributed by atoms with van der Waals surface area (Å²) in [5.41, 5.74) is 2.76. The molecule has 1 heterocycles. The second-order valence-corrected chi connectivity index (χ2v) is 6.35. The molecule has 0 saturated carbocycles. The first kappa shape index (κ1) is 14.5. The summed E-state index contributed by atoms with van der Waals surface area (Å²) in [5.74, 6) is 0. The zero-order valence-electron chi connectivity index (χ0n) is 12.5. The van der Waals surface area contributed by atoms with Crippen LogP contribution in [0.15, 0.2) is 48.5 Å². The number of carbonyl (C=O) groups excluding carboxylic acids is 1. The summed E-state index contributed by atoms with van der Waals surface area (Å²) in [6.07, 6.45) is 0. The molecule has 4 nitrogen and oxygen atoms in total. The van der Waals surface area contributed by atoms with E-state index in [0.717, 1.165) is 26.5 Å². The van der Waals surface area contributed by atoms with E-state index in [1.807, 2.05) is 56.3 Å². The molecule has 0 spiro atoms. The number of rotatable bonds is 3. The molecule has 112 valence electrons. The molecule has 0 bridgehead atoms. The maximum Gasteiger partial charge on any atom is 0.319 e. The van der Waals surface area contributed by atoms with Gasteiger partial charge in [0.05, 0.1) is 10.2 Å². The molecule has 0 aliphatic rings. The highest BCUT2D eigenvalue weighted by molar-refractivity contribution is 7.21. The van der Waals surface area contributed by atoms with Crippen molar-refractivity contribution in [2.75, 3.05) is 5.32 Å². The third-order valence-electron chi connectivity index (χ3n) is 3.08. The van der Waals surface area contributed by atoms with Gasteiger partial charge < -0.3 is 10.6 Å². The Bertz CT molecular complexity index is 777. The smallest absolute Gasteiger partial charge is 0.319 e. The van der Waals surface area contributed by atoms with Crippen LogP contribution < -0.4 is 10.6 Å². The van der Waals surface area contributed by atoms with Gasteiger partial charge in [0.1, 0.15) is 5.01 Å². The van der Waals surface area contributed by atoms with Crippen LogP contribution in [0.4, 0.5) is 10.5 Å². The molecule has 5 heteroatoms. The molecule has 2 N–H and O–H groups in total. The average Bonchev–Trinajstić information content (AvgIpc) is 2.90. The lowest BCUT2D eigenvalue weighted by molar-refractivity contribution is 0.250. The fraction of sp³-hybridized carbons (Fsp3) is 0.176. The monoisotopic (exact) mass is 311 g/mol. The number of thiazole rings is 1. The van der Waals surface area contributed by atoms with Gasteiger partial charge in [0.15, 0.2) is 0 Å². The summed E-state index contributed by atoms with van der Waals surface area (Å²) >= 11 is 1.65. The molecule has 1 aromatic heterocycles. The Morgan fingerprint density at radius 2 is 1.95 bits per heavy atom. The number of carbonyl (C=O) groups is 1. The zero-order valence-corrected chi connectivity index (χ0v) is 13.3. The summed E-state index contributed by atoms with van der Waals surface area (Å²) < 4.78 is 1.16. The number of aromatic nitrogens is 1. The number of urea groups is 1. The van der Waals surface area contributed by atoms with Crippen LogP contribution >= 0.6 is 11.3 Å². The quantitative estimate of drug-likeness (QED) is 0.748. The summed E-state index contributed by atoms with van der Waals surface area (Å²) in [5, 5.41) is 6.61. The van der Waals surface area contributed by atoms with Crippen LogP contribution in [0, 0.1) is 0 Å². The lowest BCUT2D eigenvalue weighted by Gasteiger charge is -2.10. The van der Waals surface area contributed by atoms with Crippen molar-refractivity contribution >= 4 is 33.3 Å². The Morgan fingerprint density at radius 3 is 2.73 bits per heavy atom. The van der Waals surface area contributed by atoms with Gasteiger partial charge in [0.25, 0.3) is 0 Å². The number of anilines is 1. The normalized spacial score (nSPS) is 10.9. The van der Waals surface area contributed by atoms with Crippen LogP contribution in [0.5, 0.6) is 0 Å². The van der Waals surface area contributed by atoms with Crippen LogP contribution in [0.25, 0.3) is 20.8 Å². The molecular weight excluding hydrogens is 294 g/mol. The minimum atomic E-state index is -0.198. The molecular formula is C17H17N3OS. The predicted octanol–water partition coefficient (Wildman–Crippen LogP) is 4.49. The fourth-order valence-corrected chi connectivity index (χ4v) is 3.12. The number of fused-ring (bicyclic) bond motifs is 1. The molecule has 0 saturated heterocycles. The molecule has 0 radical (unpaired) electrons. The number of para-hydroxylation sites is 1. The van der Waals surface area contributed by atoms with E-state index >= 15 is 0 Å². The van der Waals surface area contributed by atoms with E-state index in [1.54, 1.807) is 11.3 Å². The first-order valence-corrected chi connectivity index (χ1v) is 7.97. The lowest BCUT2D eigenvalue weighted by Crippen LogP contribution is -2.34. The van der Waals surface area contributed by atoms with E-state index < -0.39 is 0 Å². The van der Waals surface area contributed by atoms with Crippen molar-refractivity contribution in [3.8, 4) is 10.6 Å². The largest absolute Gasteiger partial charge is 0.336 e. The molecule has 22 heavy (non-hydrogen) atoms. The van der Waals surface area contributed by atoms with E-state index in [2.05, 4.69) is 21.7 Å². The molecule has 0 aliphatic heterocycles. The van der Waals surface area contributed by atoms with Gasteiger partial charge in [-0.1, -0.05) is 24.3 Å². The number of nitrogens with one attached hydrogen (secondary N) is 2. The molecule has 3 rings (SSSR count). The van der Waals surface area contributed by atoms with Gasteiger partial charge in [0, 0.05) is 17.3 Å². The number of amides is 2. The minimum absolute atomic E-state index is 0.104. The molecule has 0 fully saturated rings. The Hall–Kier alpha value is -2.40. The van der Waals surface area contributed by atoms with Crippen molar-refractivity contribution in [1.82, 2.24) is 10.3 Å². The van der Waals surface area contributed by atoms with Crippen LogP contribution in [0.3, 0.4) is 0 Å². The first-order chi connectivity index (χ1) is 10.6. The maximum atomic E-state index is 11.8. The second-order valence-electron chi connectivity index (χ2n) is 5.32. The topological polar surface area (TPSA) is 54.0 Å². The predicted molar refractivity (Wildman–Crippen MR) is 92.3 cm³/mol. The van der Waals surface area contributed by atoms with E-state index in [1.165, 1.54) is 0 Å². The summed E-state index contributed by atoms with van der Waals surface area (Å²) in [6.45, 7) is 3.86. The van der Waals surface area contributed by atoms with Crippen molar-refractivity contribution in [1.29, 1.82) is 0 Å². The molecule has 2 aromatic carbocycles. The maximum absolute atomic E-state index is 11.8. The van der Waals surface area contributed by atoms with Gasteiger partial charge in [-0.2, -0.15) is 0 Å². The minimum Gasteiger partial charge on any atom is -0.336 e. The molecule has 3 aromatic rings. The van der Waals surface area contributed by atoms with Crippen molar-refractivity contribution in [2.45, 2.75) is 19.9 Å². The highest BCUT2D eigenvalue weighted by Gasteiger charge is 2.08. The van der Waals surface area contributed by atoms with E-state index in [4.69, 9.17) is 0 Å². The Kier molecular flexibility index (Phi) is 4.06. The highest BCUT2D eigenvalue weighted by Crippen LogP contribution is 2.31. The van der Waals surface area contributed by atoms with Crippen LogP contribution in [0.2, 0.25) is 0 Å². The molecule has 0 unspecified atom stereocenters. The second kappa shape index (κ2) is 6.15. The SMILES string of the molecule is CC(C)NC(=O)Nc1cccc(-c2nc3ccccc3s2)c1. The zero-order chi connectivity index (χ0) is 15.5. The lowest BCUT2D eigenvalue weighted by atomic mass is 10.2.